The van der Waals surface area contributed by atoms with Crippen LogP contribution in [0.3, 0.4) is 0 Å². The molecule has 0 fully saturated rings. The van der Waals surface area contributed by atoms with Crippen molar-refractivity contribution in [3.8, 4) is 0 Å². The summed E-state index contributed by atoms with van der Waals surface area (Å²) in [6.45, 7) is 0. The van der Waals surface area contributed by atoms with Gasteiger partial charge in [-0.05, 0) is 0 Å². The van der Waals surface area contributed by atoms with E-state index in [1.165, 1.54) is 4.48 Å². The molecule has 1 radical (unpaired) electrons. The van der Waals surface area contributed by atoms with E-state index in [0.717, 1.165) is 0 Å². The molecule has 0 saturated carbocycles. The Morgan fingerprint density at radius 1 is 1.56 bits per heavy atom. The number of pyridine rings is 1. The van der Waals surface area contributed by atoms with Gasteiger partial charge < -0.3 is 0 Å². The average Bonchev–Trinajstić information content (AvgIpc) is 1.90. The Kier molecular flexibility index (Phi) is 2.29. The third kappa shape index (κ3) is 1.83. The number of aromatic nitrogens is 1. The second-order valence-electron chi connectivity index (χ2n) is 2.01. The maximum absolute atomic E-state index is 4.19. The fourth-order valence-electron chi connectivity index (χ4n) is 0.577. The molecule has 0 N–H and O–H groups in total. The van der Waals surface area contributed by atoms with E-state index in [4.69, 9.17) is 0 Å². The second-order valence-corrected chi connectivity index (χ2v) is 6.73. The Bertz CT molecular complexity index is 172. The topological polar surface area (TPSA) is 12.9 Å². The molecule has 2 heteroatoms. The molecule has 47 valence electrons. The summed E-state index contributed by atoms with van der Waals surface area (Å²) in [5.74, 6) is 0. The van der Waals surface area contributed by atoms with Gasteiger partial charge in [-0.25, -0.2) is 0 Å². The van der Waals surface area contributed by atoms with Crippen molar-refractivity contribution in [2.75, 3.05) is 0 Å². The van der Waals surface area contributed by atoms with Crippen molar-refractivity contribution in [3.05, 3.63) is 24.4 Å². The van der Waals surface area contributed by atoms with Gasteiger partial charge in [0.05, 0.1) is 0 Å². The summed E-state index contributed by atoms with van der Waals surface area (Å²) in [5.41, 5.74) is 4.55. The van der Waals surface area contributed by atoms with Crippen LogP contribution in [0.5, 0.6) is 0 Å². The Hall–Kier alpha value is -0.292. The Balaban J connectivity index is 2.85. The quantitative estimate of drug-likeness (QED) is 0.586. The molecule has 0 spiro atoms. The molecular weight excluding hydrogens is 173 g/mol. The van der Waals surface area contributed by atoms with Crippen LogP contribution in [-0.2, 0) is 0 Å². The molecule has 0 amide bonds. The predicted octanol–water partition coefficient (Wildman–Crippen LogP) is 0.843. The monoisotopic (exact) mass is 182 g/mol. The first-order valence-electron chi connectivity index (χ1n) is 2.80. The van der Waals surface area contributed by atoms with Crippen molar-refractivity contribution in [2.24, 2.45) is 0 Å². The van der Waals surface area contributed by atoms with Crippen LogP contribution in [0, 0.1) is 6.07 Å². The van der Waals surface area contributed by atoms with Gasteiger partial charge in [0.1, 0.15) is 0 Å². The van der Waals surface area contributed by atoms with Gasteiger partial charge in [-0.2, -0.15) is 0 Å². The van der Waals surface area contributed by atoms with Gasteiger partial charge in [0.2, 0.25) is 0 Å². The summed E-state index contributed by atoms with van der Waals surface area (Å²) < 4.78 is 1.28. The molecule has 9 heavy (non-hydrogen) atoms. The zero-order valence-corrected chi connectivity index (χ0v) is 7.50. The summed E-state index contributed by atoms with van der Waals surface area (Å²) >= 11 is -0.719. The average molecular weight is 182 g/mol. The van der Waals surface area contributed by atoms with Crippen LogP contribution >= 0.6 is 0 Å². The van der Waals surface area contributed by atoms with E-state index in [1.807, 2.05) is 6.07 Å². The van der Waals surface area contributed by atoms with Crippen molar-refractivity contribution < 1.29 is 0 Å². The first-order chi connectivity index (χ1) is 4.30. The molecule has 0 saturated heterocycles. The molecule has 0 aromatic carbocycles. The molecule has 1 nitrogen and oxygen atoms in total. The first-order valence-corrected chi connectivity index (χ1v) is 7.49. The van der Waals surface area contributed by atoms with Crippen molar-refractivity contribution in [3.63, 3.8) is 0 Å². The summed E-state index contributed by atoms with van der Waals surface area (Å²) in [6, 6.07) is 6.88. The van der Waals surface area contributed by atoms with Gasteiger partial charge in [0.15, 0.2) is 0 Å². The summed E-state index contributed by atoms with van der Waals surface area (Å²) in [4.78, 5) is 4.19. The third-order valence-corrected chi connectivity index (χ3v) is 3.54. The van der Waals surface area contributed by atoms with Crippen LogP contribution in [0.2, 0.25) is 11.4 Å². The molecular formula is C7H9AsN. The fourth-order valence-corrected chi connectivity index (χ4v) is 1.96. The third-order valence-electron chi connectivity index (χ3n) is 1.06. The minimum absolute atomic E-state index is 0.719. The molecule has 1 aromatic heterocycles. The van der Waals surface area contributed by atoms with Gasteiger partial charge in [-0.3, -0.25) is 0 Å². The number of rotatable bonds is 1. The van der Waals surface area contributed by atoms with E-state index >= 15 is 0 Å². The molecule has 0 aliphatic rings. The summed E-state index contributed by atoms with van der Waals surface area (Å²) in [6.07, 6.45) is 1.74. The number of hydrogen-bond acceptors (Lipinski definition) is 1. The van der Waals surface area contributed by atoms with E-state index < -0.39 is 14.7 Å². The van der Waals surface area contributed by atoms with Crippen molar-refractivity contribution in [2.45, 2.75) is 11.4 Å². The van der Waals surface area contributed by atoms with E-state index in [0.29, 0.717) is 0 Å². The zero-order valence-electron chi connectivity index (χ0n) is 5.63. The normalized spacial score (nSPS) is 10.1. The summed E-state index contributed by atoms with van der Waals surface area (Å²) in [7, 11) is 0. The van der Waals surface area contributed by atoms with E-state index in [-0.39, 0.29) is 0 Å². The van der Waals surface area contributed by atoms with Crippen LogP contribution in [0.25, 0.3) is 0 Å². The van der Waals surface area contributed by atoms with E-state index in [9.17, 15) is 0 Å². The SMILES string of the molecule is C[As](C)c1cc[c]cn1. The van der Waals surface area contributed by atoms with Gasteiger partial charge in [-0.15, -0.1) is 0 Å². The molecule has 0 bridgehead atoms. The molecule has 0 unspecified atom stereocenters. The molecule has 1 heterocycles. The second kappa shape index (κ2) is 3.03. The molecule has 1 rings (SSSR count). The van der Waals surface area contributed by atoms with Crippen LogP contribution < -0.4 is 4.48 Å². The maximum atomic E-state index is 4.19. The van der Waals surface area contributed by atoms with Crippen LogP contribution in [0.15, 0.2) is 18.3 Å². The van der Waals surface area contributed by atoms with Crippen LogP contribution in [-0.4, -0.2) is 19.6 Å². The molecule has 1 aromatic rings. The van der Waals surface area contributed by atoms with Crippen molar-refractivity contribution in [1.29, 1.82) is 0 Å². The molecule has 0 aliphatic heterocycles. The van der Waals surface area contributed by atoms with Crippen molar-refractivity contribution in [1.82, 2.24) is 4.98 Å². The number of hydrogen-bond donors (Lipinski definition) is 0. The Morgan fingerprint density at radius 2 is 2.33 bits per heavy atom. The first kappa shape index (κ1) is 6.82. The van der Waals surface area contributed by atoms with Crippen LogP contribution in [0.4, 0.5) is 0 Å². The van der Waals surface area contributed by atoms with Crippen molar-refractivity contribution >= 4 is 19.1 Å². The Morgan fingerprint density at radius 3 is 2.67 bits per heavy atom. The van der Waals surface area contributed by atoms with E-state index in [2.05, 4.69) is 28.5 Å². The molecule has 0 aliphatic carbocycles. The van der Waals surface area contributed by atoms with Gasteiger partial charge in [0.25, 0.3) is 0 Å². The van der Waals surface area contributed by atoms with Crippen LogP contribution in [0.1, 0.15) is 0 Å². The summed E-state index contributed by atoms with van der Waals surface area (Å²) in [5, 5.41) is 0. The standard InChI is InChI=1S/C7H9AsN/c1-8(2)7-5-3-4-6-9-7/h3,5-6H,1-2H3. The zero-order chi connectivity index (χ0) is 6.69. The van der Waals surface area contributed by atoms with E-state index in [1.54, 1.807) is 6.20 Å². The van der Waals surface area contributed by atoms with Gasteiger partial charge in [-0.1, -0.05) is 0 Å². The molecule has 0 atom stereocenters. The fraction of sp³-hybridized carbons (Fsp3) is 0.286. The van der Waals surface area contributed by atoms with Gasteiger partial charge in [0, 0.05) is 0 Å². The minimum atomic E-state index is -0.719. The number of nitrogens with zero attached hydrogens (tertiary/aromatic N) is 1. The predicted molar refractivity (Wildman–Crippen MR) is 40.2 cm³/mol. The van der Waals surface area contributed by atoms with Gasteiger partial charge >= 0.3 is 59.9 Å². The Labute approximate surface area is 60.4 Å².